The second-order valence-corrected chi connectivity index (χ2v) is 5.67. The van der Waals surface area contributed by atoms with Crippen LogP contribution in [0.3, 0.4) is 0 Å². The van der Waals surface area contributed by atoms with Gasteiger partial charge in [0.15, 0.2) is 0 Å². The SMILES string of the molecule is Cc1cc(C)c(C(O)C2CCOC2C)s1. The molecule has 0 radical (unpaired) electrons. The Labute approximate surface area is 94.9 Å². The predicted octanol–water partition coefficient (Wildman–Crippen LogP) is 2.82. The zero-order chi connectivity index (χ0) is 11.0. The number of hydrogen-bond donors (Lipinski definition) is 1. The number of aryl methyl sites for hydroxylation is 2. The molecule has 2 heterocycles. The van der Waals surface area contributed by atoms with Crippen LogP contribution in [0.4, 0.5) is 0 Å². The molecule has 1 aliphatic heterocycles. The first-order valence-corrected chi connectivity index (χ1v) is 6.28. The molecule has 3 heteroatoms. The van der Waals surface area contributed by atoms with E-state index in [0.717, 1.165) is 17.9 Å². The molecule has 0 amide bonds. The molecule has 84 valence electrons. The van der Waals surface area contributed by atoms with Crippen LogP contribution in [-0.4, -0.2) is 17.8 Å². The smallest absolute Gasteiger partial charge is 0.0938 e. The van der Waals surface area contributed by atoms with Gasteiger partial charge < -0.3 is 9.84 Å². The monoisotopic (exact) mass is 226 g/mol. The van der Waals surface area contributed by atoms with Crippen LogP contribution in [0.1, 0.15) is 34.8 Å². The maximum atomic E-state index is 10.3. The van der Waals surface area contributed by atoms with Gasteiger partial charge in [0, 0.05) is 22.3 Å². The van der Waals surface area contributed by atoms with Gasteiger partial charge >= 0.3 is 0 Å². The van der Waals surface area contributed by atoms with E-state index < -0.39 is 0 Å². The summed E-state index contributed by atoms with van der Waals surface area (Å²) in [4.78, 5) is 2.39. The molecular weight excluding hydrogens is 208 g/mol. The molecule has 1 aromatic rings. The van der Waals surface area contributed by atoms with E-state index in [4.69, 9.17) is 4.74 Å². The molecule has 1 saturated heterocycles. The molecule has 1 aliphatic rings. The predicted molar refractivity (Wildman–Crippen MR) is 62.3 cm³/mol. The molecule has 0 aromatic carbocycles. The highest BCUT2D eigenvalue weighted by Crippen LogP contribution is 2.37. The third-order valence-corrected chi connectivity index (χ3v) is 4.41. The van der Waals surface area contributed by atoms with Gasteiger partial charge in [-0.2, -0.15) is 0 Å². The summed E-state index contributed by atoms with van der Waals surface area (Å²) in [6.07, 6.45) is 0.807. The van der Waals surface area contributed by atoms with Gasteiger partial charge in [-0.3, -0.25) is 0 Å². The molecule has 2 rings (SSSR count). The lowest BCUT2D eigenvalue weighted by Crippen LogP contribution is -2.19. The molecule has 2 nitrogen and oxygen atoms in total. The van der Waals surface area contributed by atoms with Gasteiger partial charge in [0.1, 0.15) is 0 Å². The van der Waals surface area contributed by atoms with Gasteiger partial charge in [0.25, 0.3) is 0 Å². The van der Waals surface area contributed by atoms with Crippen LogP contribution in [0.5, 0.6) is 0 Å². The molecule has 0 bridgehead atoms. The summed E-state index contributed by atoms with van der Waals surface area (Å²) >= 11 is 1.71. The summed E-state index contributed by atoms with van der Waals surface area (Å²) in [6, 6.07) is 2.14. The fraction of sp³-hybridized carbons (Fsp3) is 0.667. The Bertz CT molecular complexity index is 345. The van der Waals surface area contributed by atoms with Crippen molar-refractivity contribution < 1.29 is 9.84 Å². The third kappa shape index (κ3) is 2.10. The van der Waals surface area contributed by atoms with E-state index in [0.29, 0.717) is 0 Å². The van der Waals surface area contributed by atoms with E-state index in [1.54, 1.807) is 11.3 Å². The Hall–Kier alpha value is -0.380. The van der Waals surface area contributed by atoms with E-state index in [1.165, 1.54) is 10.4 Å². The quantitative estimate of drug-likeness (QED) is 0.840. The molecule has 0 spiro atoms. The summed E-state index contributed by atoms with van der Waals surface area (Å²) in [5, 5.41) is 10.3. The third-order valence-electron chi connectivity index (χ3n) is 3.19. The van der Waals surface area contributed by atoms with Crippen LogP contribution in [-0.2, 0) is 4.74 Å². The molecule has 1 aromatic heterocycles. The number of thiophene rings is 1. The van der Waals surface area contributed by atoms with Crippen molar-refractivity contribution in [1.29, 1.82) is 0 Å². The number of aliphatic hydroxyl groups is 1. The lowest BCUT2D eigenvalue weighted by molar-refractivity contribution is 0.0446. The van der Waals surface area contributed by atoms with Crippen LogP contribution < -0.4 is 0 Å². The van der Waals surface area contributed by atoms with Gasteiger partial charge in [-0.05, 0) is 38.8 Å². The van der Waals surface area contributed by atoms with E-state index in [2.05, 4.69) is 26.8 Å². The van der Waals surface area contributed by atoms with Gasteiger partial charge in [0.05, 0.1) is 12.2 Å². The van der Waals surface area contributed by atoms with Gasteiger partial charge in [-0.1, -0.05) is 0 Å². The lowest BCUT2D eigenvalue weighted by atomic mass is 9.93. The highest BCUT2D eigenvalue weighted by Gasteiger charge is 2.33. The number of rotatable bonds is 2. The first-order valence-electron chi connectivity index (χ1n) is 5.46. The minimum atomic E-state index is -0.346. The van der Waals surface area contributed by atoms with Crippen molar-refractivity contribution in [2.75, 3.05) is 6.61 Å². The summed E-state index contributed by atoms with van der Waals surface area (Å²) in [7, 11) is 0. The number of ether oxygens (including phenoxy) is 1. The van der Waals surface area contributed by atoms with Crippen LogP contribution in [0.2, 0.25) is 0 Å². The number of aliphatic hydroxyl groups excluding tert-OH is 1. The van der Waals surface area contributed by atoms with Crippen LogP contribution in [0.25, 0.3) is 0 Å². The Balaban J connectivity index is 2.19. The van der Waals surface area contributed by atoms with Crippen LogP contribution in [0.15, 0.2) is 6.07 Å². The molecule has 15 heavy (non-hydrogen) atoms. The molecule has 1 N–H and O–H groups in total. The van der Waals surface area contributed by atoms with Gasteiger partial charge in [-0.15, -0.1) is 11.3 Å². The van der Waals surface area contributed by atoms with E-state index in [1.807, 2.05) is 0 Å². The van der Waals surface area contributed by atoms with Crippen LogP contribution >= 0.6 is 11.3 Å². The molecule has 3 unspecified atom stereocenters. The fourth-order valence-corrected chi connectivity index (χ4v) is 3.41. The second-order valence-electron chi connectivity index (χ2n) is 4.38. The Morgan fingerprint density at radius 2 is 2.27 bits per heavy atom. The summed E-state index contributed by atoms with van der Waals surface area (Å²) in [5.74, 6) is 0.266. The molecule has 1 fully saturated rings. The zero-order valence-electron chi connectivity index (χ0n) is 9.49. The summed E-state index contributed by atoms with van der Waals surface area (Å²) in [5.41, 5.74) is 1.21. The number of hydrogen-bond acceptors (Lipinski definition) is 3. The average Bonchev–Trinajstić information content (AvgIpc) is 2.71. The molecular formula is C12H18O2S. The largest absolute Gasteiger partial charge is 0.387 e. The van der Waals surface area contributed by atoms with Crippen molar-refractivity contribution in [1.82, 2.24) is 0 Å². The summed E-state index contributed by atoms with van der Waals surface area (Å²) in [6.45, 7) is 6.99. The van der Waals surface area contributed by atoms with Crippen molar-refractivity contribution in [2.45, 2.75) is 39.4 Å². The first-order chi connectivity index (χ1) is 7.09. The van der Waals surface area contributed by atoms with Crippen molar-refractivity contribution in [3.63, 3.8) is 0 Å². The van der Waals surface area contributed by atoms with E-state index in [9.17, 15) is 5.11 Å². The average molecular weight is 226 g/mol. The summed E-state index contributed by atoms with van der Waals surface area (Å²) < 4.78 is 5.50. The van der Waals surface area contributed by atoms with E-state index >= 15 is 0 Å². The van der Waals surface area contributed by atoms with Gasteiger partial charge in [-0.25, -0.2) is 0 Å². The van der Waals surface area contributed by atoms with E-state index in [-0.39, 0.29) is 18.1 Å². The normalized spacial score (nSPS) is 28.3. The Morgan fingerprint density at radius 1 is 1.53 bits per heavy atom. The maximum Gasteiger partial charge on any atom is 0.0938 e. The Morgan fingerprint density at radius 3 is 2.73 bits per heavy atom. The van der Waals surface area contributed by atoms with Crippen molar-refractivity contribution >= 4 is 11.3 Å². The molecule has 0 saturated carbocycles. The van der Waals surface area contributed by atoms with Crippen LogP contribution in [0, 0.1) is 19.8 Å². The zero-order valence-corrected chi connectivity index (χ0v) is 10.3. The van der Waals surface area contributed by atoms with Crippen molar-refractivity contribution in [2.24, 2.45) is 5.92 Å². The fourth-order valence-electron chi connectivity index (χ4n) is 2.31. The first kappa shape index (κ1) is 11.1. The molecule has 0 aliphatic carbocycles. The maximum absolute atomic E-state index is 10.3. The van der Waals surface area contributed by atoms with Gasteiger partial charge in [0.2, 0.25) is 0 Å². The lowest BCUT2D eigenvalue weighted by Gasteiger charge is -2.20. The topological polar surface area (TPSA) is 29.5 Å². The minimum absolute atomic E-state index is 0.182. The van der Waals surface area contributed by atoms with Crippen molar-refractivity contribution in [3.8, 4) is 0 Å². The highest BCUT2D eigenvalue weighted by molar-refractivity contribution is 7.12. The molecule has 3 atom stereocenters. The van der Waals surface area contributed by atoms with Crippen molar-refractivity contribution in [3.05, 3.63) is 21.4 Å². The standard InChI is InChI=1S/C12H18O2S/c1-7-6-8(2)15-12(7)11(13)10-4-5-14-9(10)3/h6,9-11,13H,4-5H2,1-3H3. The second kappa shape index (κ2) is 4.24. The minimum Gasteiger partial charge on any atom is -0.387 e. The Kier molecular flexibility index (Phi) is 3.14. The highest BCUT2D eigenvalue weighted by atomic mass is 32.1.